The first-order valence-corrected chi connectivity index (χ1v) is 14.1. The lowest BCUT2D eigenvalue weighted by atomic mass is 10.0. The number of halogens is 1. The van der Waals surface area contributed by atoms with Crippen LogP contribution >= 0.6 is 11.6 Å². The van der Waals surface area contributed by atoms with Crippen LogP contribution < -0.4 is 15.4 Å². The molecule has 1 aromatic heterocycles. The second kappa shape index (κ2) is 13.5. The second-order valence-corrected chi connectivity index (χ2v) is 10.2. The van der Waals surface area contributed by atoms with Crippen LogP contribution in [0.1, 0.15) is 44.0 Å². The number of nitrogens with zero attached hydrogens (tertiary/aromatic N) is 3. The maximum Gasteiger partial charge on any atom is 0.251 e. The highest BCUT2D eigenvalue weighted by Crippen LogP contribution is 2.26. The highest BCUT2D eigenvalue weighted by molar-refractivity contribution is 6.30. The number of carbonyl (C=O) groups excluding carboxylic acids is 2. The number of anilines is 1. The van der Waals surface area contributed by atoms with Crippen LogP contribution in [0.25, 0.3) is 5.69 Å². The maximum absolute atomic E-state index is 13.4. The van der Waals surface area contributed by atoms with Crippen LogP contribution in [0.3, 0.4) is 0 Å². The van der Waals surface area contributed by atoms with E-state index >= 15 is 0 Å². The summed E-state index contributed by atoms with van der Waals surface area (Å²) in [7, 11) is 0. The van der Waals surface area contributed by atoms with E-state index in [-0.39, 0.29) is 22.9 Å². The van der Waals surface area contributed by atoms with E-state index in [4.69, 9.17) is 16.3 Å². The number of ether oxygens (including phenoxy) is 1. The molecule has 0 spiro atoms. The van der Waals surface area contributed by atoms with E-state index in [9.17, 15) is 14.9 Å². The number of nitriles is 1. The summed E-state index contributed by atoms with van der Waals surface area (Å²) in [6.45, 7) is 2.74. The number of ketones is 1. The lowest BCUT2D eigenvalue weighted by molar-refractivity contribution is 0.0952. The molecule has 214 valence electrons. The molecule has 1 amide bonds. The summed E-state index contributed by atoms with van der Waals surface area (Å²) in [4.78, 5) is 26.0. The molecule has 0 fully saturated rings. The van der Waals surface area contributed by atoms with Crippen LogP contribution in [0.4, 0.5) is 5.82 Å². The SMILES string of the molecule is Cc1ccc(C(=O)c2nn(-c3ccc(Cl)cc3)c(NCCCNC(=O)c3ccc(Oc4ccccc4)cc3)c2C#N)cc1. The fourth-order valence-corrected chi connectivity index (χ4v) is 4.48. The van der Waals surface area contributed by atoms with Crippen molar-refractivity contribution in [1.29, 1.82) is 5.26 Å². The highest BCUT2D eigenvalue weighted by atomic mass is 35.5. The van der Waals surface area contributed by atoms with Crippen molar-refractivity contribution in [2.24, 2.45) is 0 Å². The number of hydrogen-bond acceptors (Lipinski definition) is 6. The Balaban J connectivity index is 1.24. The van der Waals surface area contributed by atoms with Gasteiger partial charge in [0.15, 0.2) is 5.69 Å². The Morgan fingerprint density at radius 1 is 0.860 bits per heavy atom. The largest absolute Gasteiger partial charge is 0.457 e. The number of rotatable bonds is 11. The van der Waals surface area contributed by atoms with E-state index in [2.05, 4.69) is 21.8 Å². The fraction of sp³-hybridized carbons (Fsp3) is 0.118. The number of carbonyl (C=O) groups is 2. The van der Waals surface area contributed by atoms with Gasteiger partial charge < -0.3 is 15.4 Å². The summed E-state index contributed by atoms with van der Waals surface area (Å²) in [6, 6.07) is 32.6. The number of benzene rings is 4. The van der Waals surface area contributed by atoms with Gasteiger partial charge in [-0.3, -0.25) is 9.59 Å². The minimum atomic E-state index is -0.347. The quantitative estimate of drug-likeness (QED) is 0.127. The van der Waals surface area contributed by atoms with Crippen molar-refractivity contribution in [3.05, 3.63) is 136 Å². The number of nitrogens with one attached hydrogen (secondary N) is 2. The molecule has 0 aliphatic carbocycles. The standard InChI is InChI=1S/C34H28ClN5O3/c1-23-8-10-24(11-9-23)32(41)31-30(22-36)33(40(39-31)27-16-14-26(35)15-17-27)37-20-5-21-38-34(42)25-12-18-29(19-13-25)43-28-6-3-2-4-7-28/h2-4,6-19,37H,5,20-21H2,1H3,(H,38,42). The van der Waals surface area contributed by atoms with Crippen molar-refractivity contribution >= 4 is 29.1 Å². The zero-order chi connectivity index (χ0) is 30.2. The van der Waals surface area contributed by atoms with Gasteiger partial charge in [0.1, 0.15) is 28.9 Å². The van der Waals surface area contributed by atoms with Crippen molar-refractivity contribution in [3.63, 3.8) is 0 Å². The van der Waals surface area contributed by atoms with E-state index in [1.54, 1.807) is 60.7 Å². The van der Waals surface area contributed by atoms with Crippen molar-refractivity contribution in [2.75, 3.05) is 18.4 Å². The van der Waals surface area contributed by atoms with Crippen molar-refractivity contribution in [3.8, 4) is 23.3 Å². The smallest absolute Gasteiger partial charge is 0.251 e. The predicted molar refractivity (Wildman–Crippen MR) is 166 cm³/mol. The third-order valence-corrected chi connectivity index (χ3v) is 6.88. The van der Waals surface area contributed by atoms with Crippen molar-refractivity contribution in [1.82, 2.24) is 15.1 Å². The molecule has 8 nitrogen and oxygen atoms in total. The molecule has 0 saturated heterocycles. The molecule has 0 bridgehead atoms. The van der Waals surface area contributed by atoms with Crippen LogP contribution in [-0.4, -0.2) is 34.6 Å². The lowest BCUT2D eigenvalue weighted by Crippen LogP contribution is -2.26. The Kier molecular flexibility index (Phi) is 9.15. The lowest BCUT2D eigenvalue weighted by Gasteiger charge is -2.11. The summed E-state index contributed by atoms with van der Waals surface area (Å²) in [5.41, 5.74) is 2.81. The Morgan fingerprint density at radius 3 is 2.19 bits per heavy atom. The maximum atomic E-state index is 13.4. The summed E-state index contributed by atoms with van der Waals surface area (Å²) < 4.78 is 7.32. The van der Waals surface area contributed by atoms with Gasteiger partial charge in [0.2, 0.25) is 5.78 Å². The average Bonchev–Trinajstić information content (AvgIpc) is 3.40. The number of hydrogen-bond donors (Lipinski definition) is 2. The first kappa shape index (κ1) is 29.1. The third-order valence-electron chi connectivity index (χ3n) is 6.62. The molecular weight excluding hydrogens is 562 g/mol. The molecule has 5 rings (SSSR count). The molecule has 2 N–H and O–H groups in total. The van der Waals surface area contributed by atoms with E-state index in [1.807, 2.05) is 49.4 Å². The Labute approximate surface area is 254 Å². The van der Waals surface area contributed by atoms with Gasteiger partial charge in [-0.2, -0.15) is 10.4 Å². The van der Waals surface area contributed by atoms with Gasteiger partial charge >= 0.3 is 0 Å². The van der Waals surface area contributed by atoms with Gasteiger partial charge in [-0.1, -0.05) is 59.6 Å². The van der Waals surface area contributed by atoms with Gasteiger partial charge in [-0.05, 0) is 74.0 Å². The molecule has 0 saturated carbocycles. The number of para-hydroxylation sites is 1. The predicted octanol–water partition coefficient (Wildman–Crippen LogP) is 6.96. The zero-order valence-electron chi connectivity index (χ0n) is 23.4. The molecule has 43 heavy (non-hydrogen) atoms. The van der Waals surface area contributed by atoms with Gasteiger partial charge in [0.05, 0.1) is 5.69 Å². The van der Waals surface area contributed by atoms with Crippen LogP contribution in [-0.2, 0) is 0 Å². The second-order valence-electron chi connectivity index (χ2n) is 9.74. The average molecular weight is 590 g/mol. The minimum absolute atomic E-state index is 0.0526. The van der Waals surface area contributed by atoms with Crippen LogP contribution in [0.5, 0.6) is 11.5 Å². The Bertz CT molecular complexity index is 1760. The molecular formula is C34H28ClN5O3. The molecule has 9 heteroatoms. The summed E-state index contributed by atoms with van der Waals surface area (Å²) >= 11 is 6.08. The summed E-state index contributed by atoms with van der Waals surface area (Å²) in [5, 5.41) is 21.3. The van der Waals surface area contributed by atoms with Gasteiger partial charge in [0, 0.05) is 29.2 Å². The van der Waals surface area contributed by atoms with Gasteiger partial charge in [0.25, 0.3) is 5.91 Å². The number of aryl methyl sites for hydroxylation is 1. The number of amides is 1. The third kappa shape index (κ3) is 7.10. The van der Waals surface area contributed by atoms with Gasteiger partial charge in [-0.25, -0.2) is 4.68 Å². The fourth-order valence-electron chi connectivity index (χ4n) is 4.36. The molecule has 0 aliphatic rings. The van der Waals surface area contributed by atoms with Crippen molar-refractivity contribution < 1.29 is 14.3 Å². The van der Waals surface area contributed by atoms with Crippen molar-refractivity contribution in [2.45, 2.75) is 13.3 Å². The normalized spacial score (nSPS) is 10.5. The minimum Gasteiger partial charge on any atom is -0.457 e. The monoisotopic (exact) mass is 589 g/mol. The molecule has 0 atom stereocenters. The van der Waals surface area contributed by atoms with Gasteiger partial charge in [-0.15, -0.1) is 0 Å². The number of aromatic nitrogens is 2. The molecule has 0 aliphatic heterocycles. The van der Waals surface area contributed by atoms with E-state index < -0.39 is 0 Å². The first-order valence-electron chi connectivity index (χ1n) is 13.7. The van der Waals surface area contributed by atoms with E-state index in [1.165, 1.54) is 4.68 Å². The Hall–Kier alpha value is -5.39. The van der Waals surface area contributed by atoms with Crippen LogP contribution in [0.15, 0.2) is 103 Å². The summed E-state index contributed by atoms with van der Waals surface area (Å²) in [6.07, 6.45) is 0.554. The topological polar surface area (TPSA) is 109 Å². The van der Waals surface area contributed by atoms with E-state index in [0.717, 1.165) is 11.3 Å². The zero-order valence-corrected chi connectivity index (χ0v) is 24.1. The van der Waals surface area contributed by atoms with E-state index in [0.29, 0.717) is 52.9 Å². The molecule has 4 aromatic carbocycles. The molecule has 0 unspecified atom stereocenters. The Morgan fingerprint density at radius 2 is 1.51 bits per heavy atom. The first-order chi connectivity index (χ1) is 20.9. The van der Waals surface area contributed by atoms with Crippen LogP contribution in [0.2, 0.25) is 5.02 Å². The molecule has 5 aromatic rings. The molecule has 0 radical (unpaired) electrons. The molecule has 1 heterocycles. The highest BCUT2D eigenvalue weighted by Gasteiger charge is 2.25. The summed E-state index contributed by atoms with van der Waals surface area (Å²) in [5.74, 6) is 1.19. The van der Waals surface area contributed by atoms with Crippen LogP contribution in [0, 0.1) is 18.3 Å².